The predicted molar refractivity (Wildman–Crippen MR) is 110 cm³/mol. The zero-order valence-corrected chi connectivity index (χ0v) is 16.9. The van der Waals surface area contributed by atoms with Crippen molar-refractivity contribution in [1.82, 2.24) is 0 Å². The van der Waals surface area contributed by atoms with Crippen molar-refractivity contribution in [2.45, 2.75) is 13.8 Å². The van der Waals surface area contributed by atoms with Crippen molar-refractivity contribution in [2.24, 2.45) is 0 Å². The van der Waals surface area contributed by atoms with Gasteiger partial charge in [-0.3, -0.25) is 4.79 Å². The van der Waals surface area contributed by atoms with Crippen molar-refractivity contribution in [3.05, 3.63) is 52.5 Å². The lowest BCUT2D eigenvalue weighted by molar-refractivity contribution is -0.892. The summed E-state index contributed by atoms with van der Waals surface area (Å²) in [5.41, 5.74) is 3.97. The SMILES string of the molecule is COc1cccc(N2CC[NH+](CC(=O)Nc3c(C)cc(C)cc3Cl)CC2)c1. The molecule has 2 aromatic rings. The summed E-state index contributed by atoms with van der Waals surface area (Å²) in [4.78, 5) is 16.1. The summed E-state index contributed by atoms with van der Waals surface area (Å²) in [6.45, 7) is 8.09. The number of nitrogens with zero attached hydrogens (tertiary/aromatic N) is 1. The Kier molecular flexibility index (Phi) is 6.24. The van der Waals surface area contributed by atoms with Crippen molar-refractivity contribution in [1.29, 1.82) is 0 Å². The maximum absolute atomic E-state index is 12.5. The number of hydrogen-bond donors (Lipinski definition) is 2. The number of benzene rings is 2. The van der Waals surface area contributed by atoms with Crippen molar-refractivity contribution >= 4 is 28.9 Å². The average Bonchev–Trinajstić information content (AvgIpc) is 2.65. The van der Waals surface area contributed by atoms with Crippen LogP contribution in [0.5, 0.6) is 5.75 Å². The van der Waals surface area contributed by atoms with Gasteiger partial charge in [0.05, 0.1) is 44.0 Å². The van der Waals surface area contributed by atoms with Crippen LogP contribution in [0, 0.1) is 13.8 Å². The van der Waals surface area contributed by atoms with E-state index in [0.717, 1.165) is 48.7 Å². The molecule has 2 aromatic carbocycles. The van der Waals surface area contributed by atoms with Crippen LogP contribution < -0.4 is 19.9 Å². The van der Waals surface area contributed by atoms with Crippen LogP contribution in [0.3, 0.4) is 0 Å². The first kappa shape index (κ1) is 19.5. The summed E-state index contributed by atoms with van der Waals surface area (Å²) in [7, 11) is 1.68. The number of nitrogens with one attached hydrogen (secondary N) is 2. The Labute approximate surface area is 165 Å². The maximum atomic E-state index is 12.5. The van der Waals surface area contributed by atoms with Crippen molar-refractivity contribution in [2.75, 3.05) is 50.1 Å². The minimum absolute atomic E-state index is 0.00804. The molecule has 2 N–H and O–H groups in total. The molecule has 0 bridgehead atoms. The third kappa shape index (κ3) is 4.93. The van der Waals surface area contributed by atoms with Crippen molar-refractivity contribution in [3.63, 3.8) is 0 Å². The molecule has 5 nitrogen and oxygen atoms in total. The topological polar surface area (TPSA) is 46.0 Å². The van der Waals surface area contributed by atoms with E-state index in [9.17, 15) is 4.79 Å². The van der Waals surface area contributed by atoms with Crippen LogP contribution in [-0.2, 0) is 4.79 Å². The summed E-state index contributed by atoms with van der Waals surface area (Å²) in [5.74, 6) is 0.876. The molecule has 0 aromatic heterocycles. The fourth-order valence-corrected chi connectivity index (χ4v) is 3.92. The third-order valence-electron chi connectivity index (χ3n) is 5.00. The quantitative estimate of drug-likeness (QED) is 0.826. The molecule has 6 heteroatoms. The van der Waals surface area contributed by atoms with Gasteiger partial charge in [-0.15, -0.1) is 0 Å². The molecule has 0 radical (unpaired) electrons. The smallest absolute Gasteiger partial charge is 0.279 e. The molecule has 1 saturated heterocycles. The number of halogens is 1. The number of amides is 1. The summed E-state index contributed by atoms with van der Waals surface area (Å²) in [6.07, 6.45) is 0. The molecular weight excluding hydrogens is 362 g/mol. The Morgan fingerprint density at radius 1 is 1.22 bits per heavy atom. The van der Waals surface area contributed by atoms with E-state index in [1.807, 2.05) is 38.1 Å². The minimum Gasteiger partial charge on any atom is -0.497 e. The van der Waals surface area contributed by atoms with Gasteiger partial charge >= 0.3 is 0 Å². The van der Waals surface area contributed by atoms with E-state index >= 15 is 0 Å². The molecular formula is C21H27ClN3O2+. The van der Waals surface area contributed by atoms with Crippen LogP contribution in [-0.4, -0.2) is 45.7 Å². The molecule has 1 aliphatic heterocycles. The lowest BCUT2D eigenvalue weighted by Gasteiger charge is -2.33. The number of carbonyl (C=O) groups excluding carboxylic acids is 1. The molecule has 0 atom stereocenters. The molecule has 27 heavy (non-hydrogen) atoms. The molecule has 1 heterocycles. The van der Waals surface area contributed by atoms with Gasteiger partial charge in [-0.2, -0.15) is 0 Å². The Bertz CT molecular complexity index is 794. The highest BCUT2D eigenvalue weighted by atomic mass is 35.5. The number of quaternary nitrogens is 1. The third-order valence-corrected chi connectivity index (χ3v) is 5.29. The number of carbonyl (C=O) groups is 1. The number of piperazine rings is 1. The van der Waals surface area contributed by atoms with Crippen molar-refractivity contribution < 1.29 is 14.4 Å². The monoisotopic (exact) mass is 388 g/mol. The number of anilines is 2. The number of aryl methyl sites for hydroxylation is 2. The van der Waals surface area contributed by atoms with Crippen LogP contribution in [0.15, 0.2) is 36.4 Å². The zero-order chi connectivity index (χ0) is 19.4. The maximum Gasteiger partial charge on any atom is 0.279 e. The Hall–Kier alpha value is -2.24. The highest BCUT2D eigenvalue weighted by Crippen LogP contribution is 2.27. The normalized spacial score (nSPS) is 14.9. The minimum atomic E-state index is 0.00804. The van der Waals surface area contributed by atoms with Gasteiger partial charge in [0.15, 0.2) is 6.54 Å². The number of rotatable bonds is 5. The van der Waals surface area contributed by atoms with E-state index in [2.05, 4.69) is 22.3 Å². The molecule has 3 rings (SSSR count). The lowest BCUT2D eigenvalue weighted by atomic mass is 10.1. The van der Waals surface area contributed by atoms with E-state index in [1.165, 1.54) is 10.6 Å². The molecule has 0 unspecified atom stereocenters. The molecule has 1 aliphatic rings. The van der Waals surface area contributed by atoms with E-state index in [4.69, 9.17) is 16.3 Å². The van der Waals surface area contributed by atoms with Crippen molar-refractivity contribution in [3.8, 4) is 5.75 Å². The van der Waals surface area contributed by atoms with Crippen LogP contribution >= 0.6 is 11.6 Å². The Morgan fingerprint density at radius 2 is 1.96 bits per heavy atom. The van der Waals surface area contributed by atoms with Gasteiger partial charge in [0, 0.05) is 11.8 Å². The van der Waals surface area contributed by atoms with Crippen LogP contribution in [0.2, 0.25) is 5.02 Å². The largest absolute Gasteiger partial charge is 0.497 e. The molecule has 0 saturated carbocycles. The Morgan fingerprint density at radius 3 is 2.63 bits per heavy atom. The van der Waals surface area contributed by atoms with E-state index in [0.29, 0.717) is 11.6 Å². The van der Waals surface area contributed by atoms with Gasteiger partial charge in [-0.25, -0.2) is 0 Å². The summed E-state index contributed by atoms with van der Waals surface area (Å²) in [5, 5.41) is 3.59. The van der Waals surface area contributed by atoms with Crippen LogP contribution in [0.25, 0.3) is 0 Å². The molecule has 1 amide bonds. The van der Waals surface area contributed by atoms with Gasteiger partial charge in [-0.05, 0) is 43.2 Å². The zero-order valence-electron chi connectivity index (χ0n) is 16.1. The Balaban J connectivity index is 1.54. The first-order chi connectivity index (χ1) is 13.0. The van der Waals surface area contributed by atoms with Crippen LogP contribution in [0.4, 0.5) is 11.4 Å². The summed E-state index contributed by atoms with van der Waals surface area (Å²) >= 11 is 6.29. The fraction of sp³-hybridized carbons (Fsp3) is 0.381. The first-order valence-electron chi connectivity index (χ1n) is 9.25. The van der Waals surface area contributed by atoms with E-state index in [1.54, 1.807) is 7.11 Å². The van der Waals surface area contributed by atoms with Gasteiger partial charge in [0.2, 0.25) is 0 Å². The van der Waals surface area contributed by atoms with Gasteiger partial charge in [0.25, 0.3) is 5.91 Å². The first-order valence-corrected chi connectivity index (χ1v) is 9.63. The fourth-order valence-electron chi connectivity index (χ4n) is 3.55. The summed E-state index contributed by atoms with van der Waals surface area (Å²) in [6, 6.07) is 12.0. The summed E-state index contributed by atoms with van der Waals surface area (Å²) < 4.78 is 5.31. The lowest BCUT2D eigenvalue weighted by Crippen LogP contribution is -3.15. The molecule has 0 aliphatic carbocycles. The predicted octanol–water partition coefficient (Wildman–Crippen LogP) is 2.31. The molecule has 144 valence electrons. The van der Waals surface area contributed by atoms with E-state index in [-0.39, 0.29) is 5.91 Å². The second-order valence-corrected chi connectivity index (χ2v) is 7.51. The van der Waals surface area contributed by atoms with Gasteiger partial charge in [-0.1, -0.05) is 23.7 Å². The molecule has 0 spiro atoms. The number of hydrogen-bond acceptors (Lipinski definition) is 3. The number of ether oxygens (including phenoxy) is 1. The van der Waals surface area contributed by atoms with E-state index < -0.39 is 0 Å². The highest BCUT2D eigenvalue weighted by Gasteiger charge is 2.23. The number of methoxy groups -OCH3 is 1. The second-order valence-electron chi connectivity index (χ2n) is 7.10. The standard InChI is InChI=1S/C21H26ClN3O2/c1-15-11-16(2)21(19(22)12-15)23-20(26)14-24-7-9-25(10-8-24)17-5-4-6-18(13-17)27-3/h4-6,11-13H,7-10,14H2,1-3H3,(H,23,26)/p+1. The highest BCUT2D eigenvalue weighted by molar-refractivity contribution is 6.34. The second kappa shape index (κ2) is 8.63. The molecule has 1 fully saturated rings. The van der Waals surface area contributed by atoms with Crippen LogP contribution in [0.1, 0.15) is 11.1 Å². The van der Waals surface area contributed by atoms with Gasteiger partial charge in [0.1, 0.15) is 5.75 Å². The average molecular weight is 389 g/mol. The van der Waals surface area contributed by atoms with Gasteiger partial charge < -0.3 is 19.9 Å².